The lowest BCUT2D eigenvalue weighted by Gasteiger charge is -2.22. The smallest absolute Gasteiger partial charge is 0.205 e. The number of benzene rings is 1. The molecule has 18 heavy (non-hydrogen) atoms. The Morgan fingerprint density at radius 1 is 1.39 bits per heavy atom. The first kappa shape index (κ1) is 14.9. The molecule has 98 valence electrons. The van der Waals surface area contributed by atoms with Crippen LogP contribution in [0.25, 0.3) is 0 Å². The SMILES string of the molecule is CCN(CC)c1ccc(C=O)c(O/C(Cl)=C\Cl)c1. The molecule has 1 aromatic rings. The minimum atomic E-state index is 0.0245. The van der Waals surface area contributed by atoms with Crippen LogP contribution in [0.1, 0.15) is 24.2 Å². The van der Waals surface area contributed by atoms with Crippen LogP contribution in [0.5, 0.6) is 5.75 Å². The van der Waals surface area contributed by atoms with Gasteiger partial charge in [-0.15, -0.1) is 0 Å². The molecule has 0 N–H and O–H groups in total. The molecule has 0 amide bonds. The molecule has 5 heteroatoms. The van der Waals surface area contributed by atoms with Gasteiger partial charge >= 0.3 is 0 Å². The maximum Gasteiger partial charge on any atom is 0.205 e. The van der Waals surface area contributed by atoms with Crippen LogP contribution in [-0.2, 0) is 0 Å². The Labute approximate surface area is 117 Å². The third-order valence-electron chi connectivity index (χ3n) is 2.55. The Bertz CT molecular complexity index is 443. The molecule has 0 heterocycles. The quantitative estimate of drug-likeness (QED) is 0.585. The van der Waals surface area contributed by atoms with Crippen molar-refractivity contribution in [2.45, 2.75) is 13.8 Å². The lowest BCUT2D eigenvalue weighted by Crippen LogP contribution is -2.21. The number of rotatable bonds is 6. The summed E-state index contributed by atoms with van der Waals surface area (Å²) < 4.78 is 5.30. The molecular formula is C13H15Cl2NO2. The predicted molar refractivity (Wildman–Crippen MR) is 75.8 cm³/mol. The monoisotopic (exact) mass is 287 g/mol. The van der Waals surface area contributed by atoms with Crippen LogP contribution < -0.4 is 9.64 Å². The summed E-state index contributed by atoms with van der Waals surface area (Å²) in [5.74, 6) is 0.399. The Balaban J connectivity index is 3.12. The van der Waals surface area contributed by atoms with E-state index in [4.69, 9.17) is 27.9 Å². The molecule has 0 unspecified atom stereocenters. The zero-order chi connectivity index (χ0) is 13.5. The summed E-state index contributed by atoms with van der Waals surface area (Å²) in [6.45, 7) is 5.86. The molecule has 0 radical (unpaired) electrons. The maximum atomic E-state index is 10.9. The average Bonchev–Trinajstić information content (AvgIpc) is 2.40. The Morgan fingerprint density at radius 3 is 2.56 bits per heavy atom. The van der Waals surface area contributed by atoms with E-state index in [0.29, 0.717) is 11.3 Å². The summed E-state index contributed by atoms with van der Waals surface area (Å²) in [4.78, 5) is 13.1. The first-order valence-electron chi connectivity index (χ1n) is 5.64. The molecule has 0 bridgehead atoms. The largest absolute Gasteiger partial charge is 0.444 e. The number of hydrogen-bond acceptors (Lipinski definition) is 3. The normalized spacial score (nSPS) is 11.2. The van der Waals surface area contributed by atoms with Gasteiger partial charge in [0.1, 0.15) is 5.75 Å². The van der Waals surface area contributed by atoms with E-state index in [0.717, 1.165) is 30.6 Å². The fourth-order valence-corrected chi connectivity index (χ4v) is 1.75. The zero-order valence-corrected chi connectivity index (χ0v) is 11.8. The molecule has 3 nitrogen and oxygen atoms in total. The van der Waals surface area contributed by atoms with Crippen molar-refractivity contribution in [2.24, 2.45) is 0 Å². The lowest BCUT2D eigenvalue weighted by atomic mass is 10.2. The van der Waals surface area contributed by atoms with Gasteiger partial charge in [0.15, 0.2) is 6.29 Å². The van der Waals surface area contributed by atoms with E-state index in [9.17, 15) is 4.79 Å². The molecular weight excluding hydrogens is 273 g/mol. The van der Waals surface area contributed by atoms with Gasteiger partial charge in [0.2, 0.25) is 5.22 Å². The number of carbonyl (C=O) groups is 1. The maximum absolute atomic E-state index is 10.9. The van der Waals surface area contributed by atoms with E-state index >= 15 is 0 Å². The minimum Gasteiger partial charge on any atom is -0.444 e. The predicted octanol–water partition coefficient (Wildman–Crippen LogP) is 4.00. The highest BCUT2D eigenvalue weighted by atomic mass is 35.5. The van der Waals surface area contributed by atoms with Gasteiger partial charge in [0, 0.05) is 24.8 Å². The van der Waals surface area contributed by atoms with E-state index in [1.807, 2.05) is 6.07 Å². The van der Waals surface area contributed by atoms with Gasteiger partial charge in [0.05, 0.1) is 11.1 Å². The van der Waals surface area contributed by atoms with Crippen molar-refractivity contribution >= 4 is 35.2 Å². The molecule has 0 aliphatic heterocycles. The van der Waals surface area contributed by atoms with E-state index < -0.39 is 0 Å². The fraction of sp³-hybridized carbons (Fsp3) is 0.308. The summed E-state index contributed by atoms with van der Waals surface area (Å²) >= 11 is 11.1. The highest BCUT2D eigenvalue weighted by molar-refractivity contribution is 6.35. The number of anilines is 1. The molecule has 0 aliphatic rings. The second-order valence-electron chi connectivity index (χ2n) is 3.53. The summed E-state index contributed by atoms with van der Waals surface area (Å²) in [5.41, 5.74) is 2.52. The van der Waals surface area contributed by atoms with Gasteiger partial charge < -0.3 is 9.64 Å². The molecule has 0 fully saturated rings. The Kier molecular flexibility index (Phi) is 6.02. The fourth-order valence-electron chi connectivity index (χ4n) is 1.62. The summed E-state index contributed by atoms with van der Waals surface area (Å²) in [6, 6.07) is 5.36. The van der Waals surface area contributed by atoms with Crippen molar-refractivity contribution in [2.75, 3.05) is 18.0 Å². The van der Waals surface area contributed by atoms with Crippen LogP contribution in [-0.4, -0.2) is 19.4 Å². The zero-order valence-electron chi connectivity index (χ0n) is 10.3. The lowest BCUT2D eigenvalue weighted by molar-refractivity contribution is 0.112. The number of ether oxygens (including phenoxy) is 1. The van der Waals surface area contributed by atoms with Gasteiger partial charge in [-0.2, -0.15) is 0 Å². The highest BCUT2D eigenvalue weighted by Gasteiger charge is 2.09. The topological polar surface area (TPSA) is 29.5 Å². The van der Waals surface area contributed by atoms with Crippen LogP contribution in [0.3, 0.4) is 0 Å². The van der Waals surface area contributed by atoms with Crippen molar-refractivity contribution in [3.05, 3.63) is 34.5 Å². The standard InChI is InChI=1S/C13H15Cl2NO2/c1-3-16(4-2)11-6-5-10(9-17)12(7-11)18-13(15)8-14/h5-9H,3-4H2,1-2H3/b13-8-. The van der Waals surface area contributed by atoms with Gasteiger partial charge in [-0.3, -0.25) is 4.79 Å². The average molecular weight is 288 g/mol. The van der Waals surface area contributed by atoms with E-state index in [-0.39, 0.29) is 5.22 Å². The first-order valence-corrected chi connectivity index (χ1v) is 6.45. The number of halogens is 2. The van der Waals surface area contributed by atoms with Gasteiger partial charge in [-0.25, -0.2) is 0 Å². The minimum absolute atomic E-state index is 0.0245. The van der Waals surface area contributed by atoms with Gasteiger partial charge in [-0.1, -0.05) is 11.6 Å². The third-order valence-corrected chi connectivity index (χ3v) is 3.04. The molecule has 0 saturated heterocycles. The van der Waals surface area contributed by atoms with Crippen molar-refractivity contribution in [1.29, 1.82) is 0 Å². The number of carbonyl (C=O) groups excluding carboxylic acids is 1. The summed E-state index contributed by atoms with van der Waals surface area (Å²) in [6.07, 6.45) is 0.722. The summed E-state index contributed by atoms with van der Waals surface area (Å²) in [5, 5.41) is 0.0245. The number of nitrogens with zero attached hydrogens (tertiary/aromatic N) is 1. The molecule has 0 spiro atoms. The van der Waals surface area contributed by atoms with E-state index in [1.54, 1.807) is 12.1 Å². The number of aldehydes is 1. The van der Waals surface area contributed by atoms with Crippen molar-refractivity contribution < 1.29 is 9.53 Å². The molecule has 1 rings (SSSR count). The molecule has 0 aliphatic carbocycles. The third kappa shape index (κ3) is 3.65. The van der Waals surface area contributed by atoms with E-state index in [2.05, 4.69) is 18.7 Å². The molecule has 0 saturated carbocycles. The molecule has 0 atom stereocenters. The first-order chi connectivity index (χ1) is 8.65. The van der Waals surface area contributed by atoms with Crippen LogP contribution in [0, 0.1) is 0 Å². The van der Waals surface area contributed by atoms with Gasteiger partial charge in [0.25, 0.3) is 0 Å². The second-order valence-corrected chi connectivity index (χ2v) is 4.12. The molecule has 0 aromatic heterocycles. The number of hydrogen-bond donors (Lipinski definition) is 0. The Hall–Kier alpha value is -1.19. The van der Waals surface area contributed by atoms with Crippen LogP contribution in [0.4, 0.5) is 5.69 Å². The van der Waals surface area contributed by atoms with Crippen molar-refractivity contribution in [3.8, 4) is 5.75 Å². The summed E-state index contributed by atoms with van der Waals surface area (Å²) in [7, 11) is 0. The van der Waals surface area contributed by atoms with Crippen molar-refractivity contribution in [3.63, 3.8) is 0 Å². The van der Waals surface area contributed by atoms with Crippen LogP contribution in [0.2, 0.25) is 0 Å². The highest BCUT2D eigenvalue weighted by Crippen LogP contribution is 2.27. The van der Waals surface area contributed by atoms with E-state index in [1.165, 1.54) is 0 Å². The van der Waals surface area contributed by atoms with Crippen molar-refractivity contribution in [1.82, 2.24) is 0 Å². The van der Waals surface area contributed by atoms with Crippen LogP contribution in [0.15, 0.2) is 29.0 Å². The second kappa shape index (κ2) is 7.29. The van der Waals surface area contributed by atoms with Crippen LogP contribution >= 0.6 is 23.2 Å². The molecule has 1 aromatic carbocycles. The van der Waals surface area contributed by atoms with Gasteiger partial charge in [-0.05, 0) is 37.6 Å². The Morgan fingerprint density at radius 2 is 2.06 bits per heavy atom.